The van der Waals surface area contributed by atoms with Gasteiger partial charge in [0.1, 0.15) is 10.6 Å². The molecular weight excluding hydrogens is 218 g/mol. The van der Waals surface area contributed by atoms with Crippen LogP contribution in [0.5, 0.6) is 5.75 Å². The highest BCUT2D eigenvalue weighted by atomic mass is 32.2. The maximum absolute atomic E-state index is 11.1. The molecular formula is C9H12NO4S. The highest BCUT2D eigenvalue weighted by molar-refractivity contribution is 7.86. The zero-order chi connectivity index (χ0) is 11.5. The smallest absolute Gasteiger partial charge is 0.298 e. The van der Waals surface area contributed by atoms with E-state index in [0.29, 0.717) is 5.56 Å². The van der Waals surface area contributed by atoms with Gasteiger partial charge in [-0.05, 0) is 18.1 Å². The first-order valence-corrected chi connectivity index (χ1v) is 5.72. The number of hydrogen-bond donors (Lipinski definition) is 1. The average molecular weight is 230 g/mol. The van der Waals surface area contributed by atoms with E-state index in [-0.39, 0.29) is 23.6 Å². The van der Waals surface area contributed by atoms with E-state index in [0.717, 1.165) is 0 Å². The monoisotopic (exact) mass is 230 g/mol. The van der Waals surface area contributed by atoms with E-state index in [9.17, 15) is 8.42 Å². The molecule has 0 spiro atoms. The van der Waals surface area contributed by atoms with Crippen molar-refractivity contribution in [2.75, 3.05) is 13.7 Å². The van der Waals surface area contributed by atoms with Gasteiger partial charge in [-0.1, -0.05) is 12.1 Å². The van der Waals surface area contributed by atoms with Gasteiger partial charge in [-0.3, -0.25) is 10.3 Å². The Morgan fingerprint density at radius 1 is 1.47 bits per heavy atom. The third-order valence-corrected chi connectivity index (χ3v) is 2.91. The van der Waals surface area contributed by atoms with Crippen molar-refractivity contribution >= 4 is 10.1 Å². The van der Waals surface area contributed by atoms with Crippen LogP contribution in [0.1, 0.15) is 5.56 Å². The average Bonchev–Trinajstić information content (AvgIpc) is 2.16. The molecule has 0 heterocycles. The Bertz CT molecular complexity index is 441. The summed E-state index contributed by atoms with van der Waals surface area (Å²) in [6.45, 7) is 0.0513. The molecule has 15 heavy (non-hydrogen) atoms. The molecule has 0 unspecified atom stereocenters. The molecule has 1 radical (unpaired) electrons. The van der Waals surface area contributed by atoms with Crippen molar-refractivity contribution in [3.8, 4) is 5.75 Å². The molecule has 0 atom stereocenters. The predicted octanol–water partition coefficient (Wildman–Crippen LogP) is 0.767. The molecule has 0 bridgehead atoms. The minimum atomic E-state index is -4.31. The minimum Gasteiger partial charge on any atom is -0.495 e. The topological polar surface area (TPSA) is 87.4 Å². The summed E-state index contributed by atoms with van der Waals surface area (Å²) in [5, 5.41) is 0. The molecule has 1 rings (SSSR count). The van der Waals surface area contributed by atoms with Crippen LogP contribution in [0, 0.1) is 0 Å². The molecule has 83 valence electrons. The highest BCUT2D eigenvalue weighted by Crippen LogP contribution is 2.27. The van der Waals surface area contributed by atoms with Gasteiger partial charge in [0.05, 0.1) is 7.11 Å². The number of rotatable bonds is 4. The minimum absolute atomic E-state index is 0.0513. The molecule has 1 aromatic rings. The summed E-state index contributed by atoms with van der Waals surface area (Å²) >= 11 is 0. The summed E-state index contributed by atoms with van der Waals surface area (Å²) in [4.78, 5) is -0.236. The van der Waals surface area contributed by atoms with Gasteiger partial charge in [0.15, 0.2) is 0 Å². The van der Waals surface area contributed by atoms with Crippen molar-refractivity contribution < 1.29 is 17.7 Å². The number of methoxy groups -OCH3 is 1. The molecule has 0 saturated carbocycles. The summed E-state index contributed by atoms with van der Waals surface area (Å²) in [7, 11) is -2.98. The first kappa shape index (κ1) is 12.0. The van der Waals surface area contributed by atoms with Crippen molar-refractivity contribution in [3.05, 3.63) is 23.8 Å². The second-order valence-corrected chi connectivity index (χ2v) is 4.28. The van der Waals surface area contributed by atoms with Crippen LogP contribution in [-0.2, 0) is 16.5 Å². The largest absolute Gasteiger partial charge is 0.495 e. The Kier molecular flexibility index (Phi) is 3.67. The predicted molar refractivity (Wildman–Crippen MR) is 54.5 cm³/mol. The van der Waals surface area contributed by atoms with Crippen LogP contribution in [0.3, 0.4) is 0 Å². The van der Waals surface area contributed by atoms with Crippen LogP contribution in [0.4, 0.5) is 0 Å². The first-order valence-electron chi connectivity index (χ1n) is 4.28. The van der Waals surface area contributed by atoms with E-state index < -0.39 is 10.1 Å². The lowest BCUT2D eigenvalue weighted by Crippen LogP contribution is -2.07. The maximum atomic E-state index is 11.1. The van der Waals surface area contributed by atoms with Crippen molar-refractivity contribution in [1.82, 2.24) is 5.73 Å². The van der Waals surface area contributed by atoms with Gasteiger partial charge in [-0.2, -0.15) is 8.42 Å². The normalized spacial score (nSPS) is 11.4. The van der Waals surface area contributed by atoms with Crippen LogP contribution in [0.2, 0.25) is 0 Å². The maximum Gasteiger partial charge on any atom is 0.298 e. The second kappa shape index (κ2) is 4.61. The van der Waals surface area contributed by atoms with Crippen LogP contribution in [0.25, 0.3) is 0 Å². The molecule has 0 amide bonds. The molecule has 0 fully saturated rings. The van der Waals surface area contributed by atoms with Gasteiger partial charge in [0.2, 0.25) is 0 Å². The van der Waals surface area contributed by atoms with Crippen molar-refractivity contribution in [2.24, 2.45) is 0 Å². The number of hydrogen-bond acceptors (Lipinski definition) is 3. The Morgan fingerprint density at radius 3 is 2.60 bits per heavy atom. The molecule has 5 nitrogen and oxygen atoms in total. The summed E-state index contributed by atoms with van der Waals surface area (Å²) < 4.78 is 36.1. The molecule has 0 saturated heterocycles. The van der Waals surface area contributed by atoms with E-state index in [1.807, 2.05) is 0 Å². The van der Waals surface area contributed by atoms with Crippen LogP contribution in [-0.4, -0.2) is 26.6 Å². The van der Waals surface area contributed by atoms with Gasteiger partial charge in [-0.25, -0.2) is 0 Å². The lowest BCUT2D eigenvalue weighted by molar-refractivity contribution is 0.396. The Labute approximate surface area is 88.6 Å². The van der Waals surface area contributed by atoms with Gasteiger partial charge >= 0.3 is 0 Å². The van der Waals surface area contributed by atoms with E-state index in [1.165, 1.54) is 13.2 Å². The second-order valence-electron chi connectivity index (χ2n) is 2.92. The molecule has 0 aromatic heterocycles. The fraction of sp³-hybridized carbons (Fsp3) is 0.333. The van der Waals surface area contributed by atoms with Crippen molar-refractivity contribution in [2.45, 2.75) is 11.3 Å². The lowest BCUT2D eigenvalue weighted by Gasteiger charge is -2.10. The quantitative estimate of drug-likeness (QED) is 0.774. The van der Waals surface area contributed by atoms with E-state index in [2.05, 4.69) is 0 Å². The van der Waals surface area contributed by atoms with Gasteiger partial charge in [0, 0.05) is 6.54 Å². The number of ether oxygens (including phenoxy) is 1. The molecule has 0 aliphatic rings. The van der Waals surface area contributed by atoms with E-state index in [1.54, 1.807) is 12.1 Å². The third kappa shape index (κ3) is 2.68. The molecule has 1 aromatic carbocycles. The summed E-state index contributed by atoms with van der Waals surface area (Å²) in [5.74, 6) is 0.100. The Balaban J connectivity index is 3.41. The summed E-state index contributed by atoms with van der Waals surface area (Å²) in [6.07, 6.45) is 0.256. The first-order chi connectivity index (χ1) is 7.00. The highest BCUT2D eigenvalue weighted by Gasteiger charge is 2.20. The third-order valence-electron chi connectivity index (χ3n) is 1.93. The molecule has 2 N–H and O–H groups in total. The zero-order valence-electron chi connectivity index (χ0n) is 8.23. The van der Waals surface area contributed by atoms with Gasteiger partial charge < -0.3 is 4.74 Å². The van der Waals surface area contributed by atoms with Crippen LogP contribution >= 0.6 is 0 Å². The van der Waals surface area contributed by atoms with Gasteiger partial charge in [0.25, 0.3) is 10.1 Å². The van der Waals surface area contributed by atoms with Crippen molar-refractivity contribution in [1.29, 1.82) is 0 Å². The Morgan fingerprint density at radius 2 is 2.13 bits per heavy atom. The molecule has 0 aliphatic carbocycles. The molecule has 6 heteroatoms. The Hall–Kier alpha value is -1.11. The van der Waals surface area contributed by atoms with Gasteiger partial charge in [-0.15, -0.1) is 0 Å². The SMILES string of the molecule is COc1cccc(CC[NH])c1S(=O)(=O)O. The fourth-order valence-corrected chi connectivity index (χ4v) is 2.25. The van der Waals surface area contributed by atoms with E-state index in [4.69, 9.17) is 15.0 Å². The van der Waals surface area contributed by atoms with Crippen molar-refractivity contribution in [3.63, 3.8) is 0 Å². The van der Waals surface area contributed by atoms with E-state index >= 15 is 0 Å². The van der Waals surface area contributed by atoms with Crippen LogP contribution in [0.15, 0.2) is 23.1 Å². The summed E-state index contributed by atoms with van der Waals surface area (Å²) in [5.41, 5.74) is 7.45. The summed E-state index contributed by atoms with van der Waals surface area (Å²) in [6, 6.07) is 4.63. The fourth-order valence-electron chi connectivity index (χ4n) is 1.35. The number of benzene rings is 1. The van der Waals surface area contributed by atoms with Crippen LogP contribution < -0.4 is 10.5 Å². The standard InChI is InChI=1S/C9H12NO4S/c1-14-8-4-2-3-7(5-6-10)9(8)15(11,12)13/h2-4,10H,5-6H2,1H3,(H,11,12,13). The number of nitrogens with one attached hydrogen (secondary N) is 1. The lowest BCUT2D eigenvalue weighted by atomic mass is 10.1. The molecule has 0 aliphatic heterocycles. The zero-order valence-corrected chi connectivity index (χ0v) is 9.04.